The molecule has 0 spiro atoms. The van der Waals surface area contributed by atoms with Crippen LogP contribution >= 0.6 is 35.3 Å². The maximum atomic E-state index is 12.6. The van der Waals surface area contributed by atoms with E-state index in [-0.39, 0.29) is 35.4 Å². The molecule has 0 aliphatic carbocycles. The molecule has 0 amide bonds. The topological polar surface area (TPSA) is 109 Å². The van der Waals surface area contributed by atoms with E-state index in [1.165, 1.54) is 12.1 Å². The number of nitrogens with two attached hydrogens (primary N) is 1. The number of aromatic nitrogens is 1. The number of alkyl halides is 3. The molecule has 4 N–H and O–H groups in total. The number of nitrogens with one attached hydrogen (secondary N) is 2. The first kappa shape index (κ1) is 25.6. The van der Waals surface area contributed by atoms with Crippen molar-refractivity contribution < 1.29 is 21.6 Å². The van der Waals surface area contributed by atoms with Crippen LogP contribution in [0.15, 0.2) is 39.5 Å². The first-order valence-corrected chi connectivity index (χ1v) is 10.7. The number of halogens is 4. The van der Waals surface area contributed by atoms with Crippen molar-refractivity contribution in [3.8, 4) is 0 Å². The summed E-state index contributed by atoms with van der Waals surface area (Å²) in [6, 6.07) is 6.03. The molecule has 0 saturated carbocycles. The van der Waals surface area contributed by atoms with Crippen LogP contribution in [0.2, 0.25) is 0 Å². The van der Waals surface area contributed by atoms with Crippen LogP contribution in [0, 0.1) is 0 Å². The molecule has 1 heterocycles. The lowest BCUT2D eigenvalue weighted by Gasteiger charge is -2.10. The van der Waals surface area contributed by atoms with Gasteiger partial charge in [-0.1, -0.05) is 12.1 Å². The fraction of sp³-hybridized carbons (Fsp3) is 0.375. The minimum atomic E-state index is -4.43. The third-order valence-corrected chi connectivity index (χ3v) is 5.33. The quantitative estimate of drug-likeness (QED) is 0.273. The number of benzene rings is 1. The van der Waals surface area contributed by atoms with Crippen LogP contribution in [-0.4, -0.2) is 32.5 Å². The lowest BCUT2D eigenvalue weighted by molar-refractivity contribution is -0.140. The van der Waals surface area contributed by atoms with E-state index in [1.807, 2.05) is 6.92 Å². The summed E-state index contributed by atoms with van der Waals surface area (Å²) >= 11 is 0.964. The van der Waals surface area contributed by atoms with Crippen molar-refractivity contribution in [2.75, 3.05) is 13.1 Å². The smallest absolute Gasteiger partial charge is 0.357 e. The first-order valence-electron chi connectivity index (χ1n) is 8.25. The minimum absolute atomic E-state index is 0. The van der Waals surface area contributed by atoms with Gasteiger partial charge in [0.05, 0.1) is 16.4 Å². The van der Waals surface area contributed by atoms with Gasteiger partial charge in [0.25, 0.3) is 0 Å². The highest BCUT2D eigenvalue weighted by Gasteiger charge is 2.33. The number of hydrogen-bond donors (Lipinski definition) is 3. The zero-order chi connectivity index (χ0) is 20.8. The predicted molar refractivity (Wildman–Crippen MR) is 117 cm³/mol. The molecule has 0 unspecified atom stereocenters. The first-order chi connectivity index (χ1) is 13.1. The predicted octanol–water partition coefficient (Wildman–Crippen LogP) is 2.73. The molecule has 162 valence electrons. The van der Waals surface area contributed by atoms with Gasteiger partial charge in [-0.3, -0.25) is 0 Å². The van der Waals surface area contributed by atoms with Crippen LogP contribution in [0.4, 0.5) is 13.2 Å². The Morgan fingerprint density at radius 2 is 1.90 bits per heavy atom. The summed E-state index contributed by atoms with van der Waals surface area (Å²) in [5.41, 5.74) is -0.102. The molecule has 0 aliphatic heterocycles. The second kappa shape index (κ2) is 11.1. The van der Waals surface area contributed by atoms with Crippen LogP contribution < -0.4 is 15.8 Å². The Kier molecular flexibility index (Phi) is 9.78. The fourth-order valence-corrected chi connectivity index (χ4v) is 3.46. The van der Waals surface area contributed by atoms with Crippen LogP contribution in [0.3, 0.4) is 0 Å². The van der Waals surface area contributed by atoms with Gasteiger partial charge in [0.2, 0.25) is 10.0 Å². The number of aliphatic imine (C=N–C) groups is 1. The highest BCUT2D eigenvalue weighted by molar-refractivity contribution is 14.0. The summed E-state index contributed by atoms with van der Waals surface area (Å²) in [5.74, 6) is 0.491. The molecular formula is C16H21F3IN5O2S2. The number of primary sulfonamides is 1. The molecular weight excluding hydrogens is 542 g/mol. The van der Waals surface area contributed by atoms with E-state index in [9.17, 15) is 21.6 Å². The molecule has 1 aromatic heterocycles. The summed E-state index contributed by atoms with van der Waals surface area (Å²) in [6.07, 6.45) is -4.11. The normalized spacial score (nSPS) is 12.4. The average molecular weight is 563 g/mol. The van der Waals surface area contributed by atoms with E-state index in [0.717, 1.165) is 22.3 Å². The van der Waals surface area contributed by atoms with Crippen LogP contribution in [-0.2, 0) is 29.2 Å². The molecule has 1 aromatic carbocycles. The van der Waals surface area contributed by atoms with Gasteiger partial charge in [0, 0.05) is 24.9 Å². The number of guanidine groups is 1. The van der Waals surface area contributed by atoms with Gasteiger partial charge in [-0.05, 0) is 24.6 Å². The summed E-state index contributed by atoms with van der Waals surface area (Å²) in [4.78, 5) is 7.97. The zero-order valence-electron chi connectivity index (χ0n) is 15.4. The third kappa shape index (κ3) is 8.44. The highest BCUT2D eigenvalue weighted by Crippen LogP contribution is 2.29. The standard InChI is InChI=1S/C16H20F3N5O2S2.HI/c1-2-21-15(22-8-7-14-24-13(10-27-14)16(17,18)19)23-9-11-3-5-12(6-4-11)28(20,25)26;/h3-6,10H,2,7-9H2,1H3,(H2,20,25,26)(H2,21,22,23);1H. The van der Waals surface area contributed by atoms with Crippen molar-refractivity contribution in [1.29, 1.82) is 0 Å². The largest absolute Gasteiger partial charge is 0.434 e. The van der Waals surface area contributed by atoms with Crippen LogP contribution in [0.1, 0.15) is 23.2 Å². The van der Waals surface area contributed by atoms with Crippen molar-refractivity contribution in [2.45, 2.75) is 31.0 Å². The van der Waals surface area contributed by atoms with Gasteiger partial charge in [-0.25, -0.2) is 23.5 Å². The van der Waals surface area contributed by atoms with E-state index < -0.39 is 21.9 Å². The van der Waals surface area contributed by atoms with Crippen molar-refractivity contribution in [3.05, 3.63) is 45.9 Å². The van der Waals surface area contributed by atoms with Gasteiger partial charge in [-0.2, -0.15) is 13.2 Å². The Labute approximate surface area is 188 Å². The summed E-state index contributed by atoms with van der Waals surface area (Å²) < 4.78 is 60.2. The number of hydrogen-bond acceptors (Lipinski definition) is 5. The Balaban J connectivity index is 0.00000420. The SMILES string of the molecule is CCNC(=NCc1ccc(S(N)(=O)=O)cc1)NCCc1nc(C(F)(F)F)cs1.I. The Hall–Kier alpha value is -1.45. The van der Waals surface area contributed by atoms with E-state index in [4.69, 9.17) is 5.14 Å². The molecule has 0 radical (unpaired) electrons. The maximum absolute atomic E-state index is 12.6. The molecule has 2 aromatic rings. The van der Waals surface area contributed by atoms with Crippen molar-refractivity contribution in [2.24, 2.45) is 10.1 Å². The molecule has 0 bridgehead atoms. The maximum Gasteiger partial charge on any atom is 0.434 e. The Bertz CT molecular complexity index is 915. The van der Waals surface area contributed by atoms with Crippen molar-refractivity contribution in [1.82, 2.24) is 15.6 Å². The monoisotopic (exact) mass is 563 g/mol. The number of nitrogens with zero attached hydrogens (tertiary/aromatic N) is 2. The number of thiazole rings is 1. The molecule has 13 heteroatoms. The lowest BCUT2D eigenvalue weighted by Crippen LogP contribution is -2.38. The number of sulfonamides is 1. The second-order valence-electron chi connectivity index (χ2n) is 5.69. The zero-order valence-corrected chi connectivity index (χ0v) is 19.3. The Morgan fingerprint density at radius 3 is 2.41 bits per heavy atom. The molecule has 2 rings (SSSR count). The fourth-order valence-electron chi connectivity index (χ4n) is 2.14. The summed E-state index contributed by atoms with van der Waals surface area (Å²) in [6.45, 7) is 3.14. The number of rotatable bonds is 7. The minimum Gasteiger partial charge on any atom is -0.357 e. The molecule has 0 atom stereocenters. The van der Waals surface area contributed by atoms with Crippen LogP contribution in [0.5, 0.6) is 0 Å². The summed E-state index contributed by atoms with van der Waals surface area (Å²) in [7, 11) is -3.74. The molecule has 0 fully saturated rings. The summed E-state index contributed by atoms with van der Waals surface area (Å²) in [5, 5.41) is 12.5. The Morgan fingerprint density at radius 1 is 1.24 bits per heavy atom. The second-order valence-corrected chi connectivity index (χ2v) is 8.19. The van der Waals surface area contributed by atoms with E-state index in [0.29, 0.717) is 30.5 Å². The van der Waals surface area contributed by atoms with Gasteiger partial charge in [-0.15, -0.1) is 35.3 Å². The van der Waals surface area contributed by atoms with Gasteiger partial charge in [0.15, 0.2) is 11.7 Å². The molecule has 29 heavy (non-hydrogen) atoms. The van der Waals surface area contributed by atoms with E-state index in [2.05, 4.69) is 20.6 Å². The third-order valence-electron chi connectivity index (χ3n) is 3.49. The van der Waals surface area contributed by atoms with Crippen molar-refractivity contribution >= 4 is 51.3 Å². The van der Waals surface area contributed by atoms with Gasteiger partial charge >= 0.3 is 6.18 Å². The van der Waals surface area contributed by atoms with Gasteiger partial charge < -0.3 is 10.6 Å². The average Bonchev–Trinajstić information content (AvgIpc) is 3.08. The molecule has 0 saturated heterocycles. The van der Waals surface area contributed by atoms with E-state index >= 15 is 0 Å². The molecule has 7 nitrogen and oxygen atoms in total. The van der Waals surface area contributed by atoms with Crippen LogP contribution in [0.25, 0.3) is 0 Å². The van der Waals surface area contributed by atoms with Crippen molar-refractivity contribution in [3.63, 3.8) is 0 Å². The van der Waals surface area contributed by atoms with Gasteiger partial charge in [0.1, 0.15) is 0 Å². The highest BCUT2D eigenvalue weighted by atomic mass is 127. The van der Waals surface area contributed by atoms with E-state index in [1.54, 1.807) is 12.1 Å². The molecule has 0 aliphatic rings. The lowest BCUT2D eigenvalue weighted by atomic mass is 10.2.